The Hall–Kier alpha value is -1.51. The quantitative estimate of drug-likeness (QED) is 0.735. The minimum atomic E-state index is 0.187. The predicted octanol–water partition coefficient (Wildman–Crippen LogP) is 2.83. The van der Waals surface area contributed by atoms with Crippen LogP contribution in [0, 0.1) is 5.92 Å². The highest BCUT2D eigenvalue weighted by Crippen LogP contribution is 2.37. The number of ketones is 1. The van der Waals surface area contributed by atoms with Gasteiger partial charge in [-0.05, 0) is 25.0 Å². The van der Waals surface area contributed by atoms with Crippen molar-refractivity contribution < 1.29 is 14.3 Å². The summed E-state index contributed by atoms with van der Waals surface area (Å²) >= 11 is 0. The van der Waals surface area contributed by atoms with E-state index < -0.39 is 0 Å². The lowest BCUT2D eigenvalue weighted by Gasteiger charge is -2.21. The van der Waals surface area contributed by atoms with Gasteiger partial charge in [-0.2, -0.15) is 0 Å². The van der Waals surface area contributed by atoms with Crippen LogP contribution >= 0.6 is 0 Å². The van der Waals surface area contributed by atoms with Gasteiger partial charge in [0.05, 0.1) is 5.56 Å². The number of fused-ring (bicyclic) bond motifs is 1. The maximum Gasteiger partial charge on any atom is 0.172 e. The van der Waals surface area contributed by atoms with Crippen molar-refractivity contribution in [3.63, 3.8) is 0 Å². The minimum absolute atomic E-state index is 0.187. The van der Waals surface area contributed by atoms with Gasteiger partial charge in [0, 0.05) is 5.92 Å². The second kappa shape index (κ2) is 4.40. The largest absolute Gasteiger partial charge is 0.486 e. The molecule has 0 aromatic heterocycles. The summed E-state index contributed by atoms with van der Waals surface area (Å²) in [5.41, 5.74) is 0.703. The Morgan fingerprint density at radius 3 is 2.71 bits per heavy atom. The number of Topliss-reactive ketones (excluding diaryl/α,β-unsaturated/α-hetero) is 1. The summed E-state index contributed by atoms with van der Waals surface area (Å²) in [6.07, 6.45) is 4.37. The predicted molar refractivity (Wildman–Crippen MR) is 63.7 cm³/mol. The maximum atomic E-state index is 12.4. The zero-order valence-electron chi connectivity index (χ0n) is 9.78. The molecule has 0 N–H and O–H groups in total. The van der Waals surface area contributed by atoms with E-state index in [9.17, 15) is 4.79 Å². The molecular formula is C14H16O3. The van der Waals surface area contributed by atoms with Crippen LogP contribution in [0.3, 0.4) is 0 Å². The van der Waals surface area contributed by atoms with Crippen LogP contribution in [0.5, 0.6) is 11.5 Å². The van der Waals surface area contributed by atoms with Crippen molar-refractivity contribution in [2.45, 2.75) is 25.7 Å². The molecule has 1 aromatic carbocycles. The van der Waals surface area contributed by atoms with E-state index in [0.29, 0.717) is 30.3 Å². The summed E-state index contributed by atoms with van der Waals surface area (Å²) in [4.78, 5) is 12.4. The molecule has 1 saturated carbocycles. The van der Waals surface area contributed by atoms with Crippen LogP contribution in [0.25, 0.3) is 0 Å². The fourth-order valence-electron chi connectivity index (χ4n) is 2.68. The fraction of sp³-hybridized carbons (Fsp3) is 0.500. The number of carbonyl (C=O) groups excluding carboxylic acids is 1. The lowest BCUT2D eigenvalue weighted by Crippen LogP contribution is -2.19. The van der Waals surface area contributed by atoms with Crippen LogP contribution in [0.15, 0.2) is 18.2 Å². The molecule has 0 bridgehead atoms. The van der Waals surface area contributed by atoms with Crippen LogP contribution in [-0.2, 0) is 0 Å². The molecule has 3 rings (SSSR count). The molecule has 0 saturated heterocycles. The lowest BCUT2D eigenvalue weighted by atomic mass is 9.95. The Morgan fingerprint density at radius 2 is 1.88 bits per heavy atom. The number of carbonyl (C=O) groups is 1. The normalized spacial score (nSPS) is 19.3. The van der Waals surface area contributed by atoms with Crippen molar-refractivity contribution in [3.05, 3.63) is 23.8 Å². The van der Waals surface area contributed by atoms with Gasteiger partial charge in [0.2, 0.25) is 0 Å². The van der Waals surface area contributed by atoms with E-state index >= 15 is 0 Å². The van der Waals surface area contributed by atoms with Crippen molar-refractivity contribution in [2.75, 3.05) is 13.2 Å². The van der Waals surface area contributed by atoms with Gasteiger partial charge < -0.3 is 9.47 Å². The molecule has 3 heteroatoms. The highest BCUT2D eigenvalue weighted by atomic mass is 16.6. The first-order valence-corrected chi connectivity index (χ1v) is 6.29. The van der Waals surface area contributed by atoms with Gasteiger partial charge in [-0.15, -0.1) is 0 Å². The lowest BCUT2D eigenvalue weighted by molar-refractivity contribution is 0.0912. The van der Waals surface area contributed by atoms with Gasteiger partial charge in [0.15, 0.2) is 17.3 Å². The van der Waals surface area contributed by atoms with Gasteiger partial charge in [-0.3, -0.25) is 4.79 Å². The Labute approximate surface area is 101 Å². The molecule has 3 nitrogen and oxygen atoms in total. The molecule has 1 aromatic rings. The van der Waals surface area contributed by atoms with Crippen molar-refractivity contribution in [3.8, 4) is 11.5 Å². The second-order valence-electron chi connectivity index (χ2n) is 4.68. The van der Waals surface area contributed by atoms with E-state index in [1.807, 2.05) is 18.2 Å². The molecule has 0 amide bonds. The molecule has 0 atom stereocenters. The Morgan fingerprint density at radius 1 is 1.12 bits per heavy atom. The first kappa shape index (κ1) is 10.6. The molecule has 90 valence electrons. The van der Waals surface area contributed by atoms with E-state index in [-0.39, 0.29) is 11.7 Å². The van der Waals surface area contributed by atoms with Crippen LogP contribution in [0.2, 0.25) is 0 Å². The number of ether oxygens (including phenoxy) is 2. The third kappa shape index (κ3) is 1.90. The third-order valence-electron chi connectivity index (χ3n) is 3.56. The molecule has 1 fully saturated rings. The molecule has 2 aliphatic rings. The van der Waals surface area contributed by atoms with Crippen molar-refractivity contribution in [2.24, 2.45) is 5.92 Å². The molecule has 0 unspecified atom stereocenters. The summed E-state index contributed by atoms with van der Waals surface area (Å²) < 4.78 is 11.1. The monoisotopic (exact) mass is 232 g/mol. The van der Waals surface area contributed by atoms with Crippen molar-refractivity contribution >= 4 is 5.78 Å². The standard InChI is InChI=1S/C14H16O3/c15-13(10-4-1-2-5-10)11-6-3-7-12-14(11)17-9-8-16-12/h3,6-7,10H,1-2,4-5,8-9H2. The summed E-state index contributed by atoms with van der Waals surface area (Å²) in [7, 11) is 0. The van der Waals surface area contributed by atoms with Gasteiger partial charge in [0.1, 0.15) is 13.2 Å². The smallest absolute Gasteiger partial charge is 0.172 e. The van der Waals surface area contributed by atoms with Crippen molar-refractivity contribution in [1.29, 1.82) is 0 Å². The zero-order chi connectivity index (χ0) is 11.7. The van der Waals surface area contributed by atoms with Crippen LogP contribution < -0.4 is 9.47 Å². The summed E-state index contributed by atoms with van der Waals surface area (Å²) in [6.45, 7) is 1.09. The number of hydrogen-bond acceptors (Lipinski definition) is 3. The van der Waals surface area contributed by atoms with E-state index in [1.54, 1.807) is 0 Å². The van der Waals surface area contributed by atoms with Gasteiger partial charge in [-0.1, -0.05) is 18.9 Å². The van der Waals surface area contributed by atoms with Crippen LogP contribution in [0.4, 0.5) is 0 Å². The molecule has 0 spiro atoms. The first-order chi connectivity index (χ1) is 8.36. The van der Waals surface area contributed by atoms with Crippen LogP contribution in [0.1, 0.15) is 36.0 Å². The first-order valence-electron chi connectivity index (χ1n) is 6.29. The number of rotatable bonds is 2. The van der Waals surface area contributed by atoms with Gasteiger partial charge in [-0.25, -0.2) is 0 Å². The molecule has 17 heavy (non-hydrogen) atoms. The maximum absolute atomic E-state index is 12.4. The Balaban J connectivity index is 1.94. The number of benzene rings is 1. The molecular weight excluding hydrogens is 216 g/mol. The summed E-state index contributed by atoms with van der Waals surface area (Å²) in [5.74, 6) is 1.77. The highest BCUT2D eigenvalue weighted by molar-refractivity contribution is 6.01. The van der Waals surface area contributed by atoms with E-state index in [2.05, 4.69) is 0 Å². The zero-order valence-corrected chi connectivity index (χ0v) is 9.78. The van der Waals surface area contributed by atoms with Crippen LogP contribution in [-0.4, -0.2) is 19.0 Å². The number of hydrogen-bond donors (Lipinski definition) is 0. The van der Waals surface area contributed by atoms with E-state index in [1.165, 1.54) is 12.8 Å². The molecule has 1 heterocycles. The van der Waals surface area contributed by atoms with E-state index in [4.69, 9.17) is 9.47 Å². The average molecular weight is 232 g/mol. The SMILES string of the molecule is O=C(c1cccc2c1OCCO2)C1CCCC1. The molecule has 1 aliphatic heterocycles. The highest BCUT2D eigenvalue weighted by Gasteiger charge is 2.28. The third-order valence-corrected chi connectivity index (χ3v) is 3.56. The van der Waals surface area contributed by atoms with Gasteiger partial charge >= 0.3 is 0 Å². The Bertz CT molecular complexity index is 433. The minimum Gasteiger partial charge on any atom is -0.486 e. The summed E-state index contributed by atoms with van der Waals surface area (Å²) in [5, 5.41) is 0. The van der Waals surface area contributed by atoms with Gasteiger partial charge in [0.25, 0.3) is 0 Å². The van der Waals surface area contributed by atoms with E-state index in [0.717, 1.165) is 12.8 Å². The number of para-hydroxylation sites is 1. The van der Waals surface area contributed by atoms with Crippen molar-refractivity contribution in [1.82, 2.24) is 0 Å². The topological polar surface area (TPSA) is 35.5 Å². The fourth-order valence-corrected chi connectivity index (χ4v) is 2.68. The Kier molecular flexibility index (Phi) is 2.75. The summed E-state index contributed by atoms with van der Waals surface area (Å²) in [6, 6.07) is 5.59. The molecule has 0 radical (unpaired) electrons. The second-order valence-corrected chi connectivity index (χ2v) is 4.68. The molecule has 1 aliphatic carbocycles. The average Bonchev–Trinajstić information content (AvgIpc) is 2.91.